The minimum Gasteiger partial charge on any atom is -0.352 e. The molecule has 1 fully saturated rings. The van der Waals surface area contributed by atoms with Gasteiger partial charge in [0.15, 0.2) is 0 Å². The van der Waals surface area contributed by atoms with Crippen LogP contribution in [0.1, 0.15) is 54.4 Å². The normalized spacial score (nSPS) is 14.2. The van der Waals surface area contributed by atoms with Crippen molar-refractivity contribution in [1.82, 2.24) is 10.2 Å². The molecule has 2 amide bonds. The number of nitrogens with one attached hydrogen (secondary N) is 1. The van der Waals surface area contributed by atoms with Crippen molar-refractivity contribution in [1.29, 1.82) is 0 Å². The molecule has 0 unspecified atom stereocenters. The lowest BCUT2D eigenvalue weighted by atomic mass is 9.94. The molecule has 1 atom stereocenters. The number of carbonyl (C=O) groups is 2. The third-order valence-corrected chi connectivity index (χ3v) is 11.7. The van der Waals surface area contributed by atoms with E-state index in [1.54, 1.807) is 55.5 Å². The fourth-order valence-electron chi connectivity index (χ4n) is 6.15. The maximum Gasteiger partial charge on any atom is 0.264 e. The summed E-state index contributed by atoms with van der Waals surface area (Å²) in [7, 11) is -4.27. The van der Waals surface area contributed by atoms with E-state index in [0.29, 0.717) is 26.2 Å². The molecule has 0 aliphatic heterocycles. The van der Waals surface area contributed by atoms with Gasteiger partial charge in [0, 0.05) is 34.1 Å². The molecule has 5 rings (SSSR count). The first-order valence-corrected chi connectivity index (χ1v) is 18.9. The summed E-state index contributed by atoms with van der Waals surface area (Å²) in [5.41, 5.74) is 3.06. The van der Waals surface area contributed by atoms with Gasteiger partial charge in [0.25, 0.3) is 10.0 Å². The van der Waals surface area contributed by atoms with E-state index in [9.17, 15) is 18.0 Å². The third kappa shape index (κ3) is 9.17. The number of anilines is 1. The van der Waals surface area contributed by atoms with E-state index < -0.39 is 28.5 Å². The van der Waals surface area contributed by atoms with Gasteiger partial charge in [-0.05, 0) is 79.8 Å². The van der Waals surface area contributed by atoms with Gasteiger partial charge in [0.05, 0.1) is 10.6 Å². The van der Waals surface area contributed by atoms with Gasteiger partial charge in [-0.25, -0.2) is 8.42 Å². The van der Waals surface area contributed by atoms with Crippen molar-refractivity contribution in [2.24, 2.45) is 0 Å². The van der Waals surface area contributed by atoms with Crippen molar-refractivity contribution in [3.05, 3.63) is 128 Å². The number of aryl methyl sites for hydroxylation is 1. The van der Waals surface area contributed by atoms with E-state index in [-0.39, 0.29) is 35.5 Å². The molecule has 0 radical (unpaired) electrons. The van der Waals surface area contributed by atoms with Crippen molar-refractivity contribution < 1.29 is 18.0 Å². The average molecular weight is 741 g/mol. The van der Waals surface area contributed by atoms with Crippen LogP contribution < -0.4 is 9.62 Å². The SMILES string of the molecule is Cc1ccc(S(=O)(=O)N(CC(=O)N(Cc2ccc(Cl)cc2Cl)[C@H](Cc2ccccc2)C(=O)NC2CCCCC2)c2cccc(Cl)c2C)cc1. The summed E-state index contributed by atoms with van der Waals surface area (Å²) >= 11 is 19.3. The summed E-state index contributed by atoms with van der Waals surface area (Å²) in [6.45, 7) is 2.92. The summed E-state index contributed by atoms with van der Waals surface area (Å²) in [4.78, 5) is 30.6. The van der Waals surface area contributed by atoms with Gasteiger partial charge in [-0.1, -0.05) is 114 Å². The Kier molecular flexibility index (Phi) is 12.3. The number of nitrogens with zero attached hydrogens (tertiary/aromatic N) is 2. The molecule has 4 aromatic carbocycles. The molecule has 0 saturated heterocycles. The summed E-state index contributed by atoms with van der Waals surface area (Å²) in [6.07, 6.45) is 5.07. The molecule has 11 heteroatoms. The summed E-state index contributed by atoms with van der Waals surface area (Å²) in [5, 5.41) is 4.32. The quantitative estimate of drug-likeness (QED) is 0.158. The Labute approximate surface area is 304 Å². The van der Waals surface area contributed by atoms with Crippen LogP contribution in [0.4, 0.5) is 5.69 Å². The van der Waals surface area contributed by atoms with Gasteiger partial charge in [-0.2, -0.15) is 0 Å². The second-order valence-electron chi connectivity index (χ2n) is 12.5. The van der Waals surface area contributed by atoms with E-state index in [0.717, 1.165) is 47.5 Å². The third-order valence-electron chi connectivity index (χ3n) is 8.97. The van der Waals surface area contributed by atoms with Gasteiger partial charge in [0.2, 0.25) is 11.8 Å². The van der Waals surface area contributed by atoms with Crippen LogP contribution in [0, 0.1) is 13.8 Å². The predicted molar refractivity (Wildman–Crippen MR) is 198 cm³/mol. The number of hydrogen-bond acceptors (Lipinski definition) is 4. The van der Waals surface area contributed by atoms with Gasteiger partial charge in [-0.15, -0.1) is 0 Å². The highest BCUT2D eigenvalue weighted by molar-refractivity contribution is 7.92. The standard InChI is InChI=1S/C38H40Cl3N3O4S/c1-26-16-20-32(21-17-26)49(47,48)44(35-15-9-14-33(40)27(35)2)25-37(45)43(24-29-18-19-30(39)23-34(29)41)36(22-28-10-5-3-6-11-28)38(46)42-31-12-7-4-8-13-31/h3,5-6,9-11,14-21,23,31,36H,4,7-8,12-13,22,24-25H2,1-2H3,(H,42,46)/t36-/m1/s1. The Morgan fingerprint density at radius 1 is 0.837 bits per heavy atom. The fraction of sp³-hybridized carbons (Fsp3) is 0.316. The number of sulfonamides is 1. The van der Waals surface area contributed by atoms with Crippen LogP contribution >= 0.6 is 34.8 Å². The van der Waals surface area contributed by atoms with Crippen LogP contribution in [0.3, 0.4) is 0 Å². The first-order chi connectivity index (χ1) is 23.4. The van der Waals surface area contributed by atoms with Crippen molar-refractivity contribution in [3.8, 4) is 0 Å². The molecule has 4 aromatic rings. The van der Waals surface area contributed by atoms with Crippen LogP contribution in [0.2, 0.25) is 15.1 Å². The number of halogens is 3. The predicted octanol–water partition coefficient (Wildman–Crippen LogP) is 8.55. The van der Waals surface area contributed by atoms with Crippen molar-refractivity contribution in [2.75, 3.05) is 10.8 Å². The van der Waals surface area contributed by atoms with Crippen LogP contribution in [-0.2, 0) is 32.6 Å². The van der Waals surface area contributed by atoms with Gasteiger partial charge < -0.3 is 10.2 Å². The zero-order valence-corrected chi connectivity index (χ0v) is 30.6. The molecule has 7 nitrogen and oxygen atoms in total. The van der Waals surface area contributed by atoms with Gasteiger partial charge in [0.1, 0.15) is 12.6 Å². The molecule has 1 aliphatic rings. The van der Waals surface area contributed by atoms with E-state index in [1.165, 1.54) is 17.0 Å². The summed E-state index contributed by atoms with van der Waals surface area (Å²) in [5.74, 6) is -0.887. The lowest BCUT2D eigenvalue weighted by Crippen LogP contribution is -2.55. The minimum atomic E-state index is -4.27. The van der Waals surface area contributed by atoms with E-state index >= 15 is 0 Å². The highest BCUT2D eigenvalue weighted by atomic mass is 35.5. The molecule has 0 bridgehead atoms. The molecule has 0 spiro atoms. The monoisotopic (exact) mass is 739 g/mol. The number of rotatable bonds is 12. The Morgan fingerprint density at radius 2 is 1.53 bits per heavy atom. The molecule has 1 aliphatic carbocycles. The van der Waals surface area contributed by atoms with Crippen LogP contribution in [0.5, 0.6) is 0 Å². The van der Waals surface area contributed by atoms with Crippen molar-refractivity contribution >= 4 is 62.3 Å². The highest BCUT2D eigenvalue weighted by Gasteiger charge is 2.36. The van der Waals surface area contributed by atoms with E-state index in [1.807, 2.05) is 37.3 Å². The maximum atomic E-state index is 14.8. The minimum absolute atomic E-state index is 0.0110. The number of amides is 2. The first-order valence-electron chi connectivity index (χ1n) is 16.4. The Morgan fingerprint density at radius 3 is 2.20 bits per heavy atom. The molecular weight excluding hydrogens is 701 g/mol. The average Bonchev–Trinajstić information content (AvgIpc) is 3.08. The Bertz CT molecular complexity index is 1880. The Hall–Kier alpha value is -3.56. The topological polar surface area (TPSA) is 86.8 Å². The van der Waals surface area contributed by atoms with Gasteiger partial charge in [-0.3, -0.25) is 13.9 Å². The lowest BCUT2D eigenvalue weighted by Gasteiger charge is -2.35. The van der Waals surface area contributed by atoms with Crippen molar-refractivity contribution in [2.45, 2.75) is 75.9 Å². The van der Waals surface area contributed by atoms with E-state index in [2.05, 4.69) is 5.32 Å². The van der Waals surface area contributed by atoms with Crippen LogP contribution in [0.15, 0.2) is 95.9 Å². The zero-order chi connectivity index (χ0) is 35.1. The molecule has 0 aromatic heterocycles. The second-order valence-corrected chi connectivity index (χ2v) is 15.6. The molecule has 49 heavy (non-hydrogen) atoms. The number of carbonyl (C=O) groups excluding carboxylic acids is 2. The molecule has 1 saturated carbocycles. The summed E-state index contributed by atoms with van der Waals surface area (Å²) < 4.78 is 29.8. The van der Waals surface area contributed by atoms with Crippen LogP contribution in [-0.4, -0.2) is 43.8 Å². The van der Waals surface area contributed by atoms with Gasteiger partial charge >= 0.3 is 0 Å². The van der Waals surface area contributed by atoms with E-state index in [4.69, 9.17) is 34.8 Å². The molecular formula is C38H40Cl3N3O4S. The smallest absolute Gasteiger partial charge is 0.264 e. The maximum absolute atomic E-state index is 14.8. The number of benzene rings is 4. The number of hydrogen-bond donors (Lipinski definition) is 1. The highest BCUT2D eigenvalue weighted by Crippen LogP contribution is 2.32. The van der Waals surface area contributed by atoms with Crippen molar-refractivity contribution in [3.63, 3.8) is 0 Å². The largest absolute Gasteiger partial charge is 0.352 e. The Balaban J connectivity index is 1.60. The summed E-state index contributed by atoms with van der Waals surface area (Å²) in [6, 6.07) is 24.8. The fourth-order valence-corrected chi connectivity index (χ4v) is 8.26. The molecule has 258 valence electrons. The zero-order valence-electron chi connectivity index (χ0n) is 27.5. The van der Waals surface area contributed by atoms with Crippen LogP contribution in [0.25, 0.3) is 0 Å². The second kappa shape index (κ2) is 16.4. The molecule has 0 heterocycles. The molecule has 1 N–H and O–H groups in total. The first kappa shape index (κ1) is 36.7. The lowest BCUT2D eigenvalue weighted by molar-refractivity contribution is -0.140.